The van der Waals surface area contributed by atoms with E-state index in [2.05, 4.69) is 4.72 Å². The summed E-state index contributed by atoms with van der Waals surface area (Å²) in [6.45, 7) is 0.570. The summed E-state index contributed by atoms with van der Waals surface area (Å²) < 4.78 is 29.3. The van der Waals surface area contributed by atoms with Crippen LogP contribution in [-0.4, -0.2) is 38.4 Å². The fourth-order valence-electron chi connectivity index (χ4n) is 3.39. The Balaban J connectivity index is 0.00000200. The second kappa shape index (κ2) is 7.94. The van der Waals surface area contributed by atoms with Crippen molar-refractivity contribution < 1.29 is 8.42 Å². The quantitative estimate of drug-likeness (QED) is 0.806. The molecule has 3 N–H and O–H groups in total. The molecule has 0 amide bonds. The van der Waals surface area contributed by atoms with Crippen LogP contribution in [0.25, 0.3) is 0 Å². The van der Waals surface area contributed by atoms with Gasteiger partial charge in [0.2, 0.25) is 0 Å². The molecule has 5 nitrogen and oxygen atoms in total. The van der Waals surface area contributed by atoms with Gasteiger partial charge in [0, 0.05) is 19.1 Å². The summed E-state index contributed by atoms with van der Waals surface area (Å²) >= 11 is 0. The molecule has 2 unspecified atom stereocenters. The lowest BCUT2D eigenvalue weighted by molar-refractivity contribution is 0.279. The van der Waals surface area contributed by atoms with E-state index in [9.17, 15) is 8.42 Å². The molecule has 0 saturated heterocycles. The molecule has 2 saturated carbocycles. The predicted molar refractivity (Wildman–Crippen MR) is 84.1 cm³/mol. The lowest BCUT2D eigenvalue weighted by Gasteiger charge is -2.32. The molecule has 2 rings (SSSR count). The van der Waals surface area contributed by atoms with Gasteiger partial charge in [-0.25, -0.2) is 0 Å². The van der Waals surface area contributed by atoms with Crippen LogP contribution >= 0.6 is 12.4 Å². The molecule has 2 aliphatic rings. The van der Waals surface area contributed by atoms with Crippen molar-refractivity contribution in [2.24, 2.45) is 11.7 Å². The van der Waals surface area contributed by atoms with Gasteiger partial charge in [-0.1, -0.05) is 25.7 Å². The molecule has 0 radical (unpaired) electrons. The maximum Gasteiger partial charge on any atom is 0.279 e. The molecule has 2 atom stereocenters. The third-order valence-electron chi connectivity index (χ3n) is 4.73. The summed E-state index contributed by atoms with van der Waals surface area (Å²) in [6, 6.07) is 0.199. The van der Waals surface area contributed by atoms with Crippen molar-refractivity contribution in [2.45, 2.75) is 63.5 Å². The number of nitrogens with one attached hydrogen (secondary N) is 1. The maximum absolute atomic E-state index is 12.4. The molecule has 0 aliphatic heterocycles. The first-order chi connectivity index (χ1) is 9.04. The summed E-state index contributed by atoms with van der Waals surface area (Å²) in [5.41, 5.74) is 5.71. The first kappa shape index (κ1) is 18.2. The monoisotopic (exact) mass is 325 g/mol. The zero-order valence-corrected chi connectivity index (χ0v) is 13.9. The Kier molecular flexibility index (Phi) is 7.21. The standard InChI is InChI=1S/C13H27N3O2S.ClH/c1-16(12-7-3-2-4-8-12)19(17,18)15-13-9-5-6-11(13)10-14;/h11-13,15H,2-10,14H2,1H3;1H. The van der Waals surface area contributed by atoms with Gasteiger partial charge < -0.3 is 5.73 Å². The summed E-state index contributed by atoms with van der Waals surface area (Å²) in [5.74, 6) is 0.300. The molecule has 0 heterocycles. The van der Waals surface area contributed by atoms with Gasteiger partial charge in [0.05, 0.1) is 0 Å². The van der Waals surface area contributed by atoms with Crippen LogP contribution in [0.5, 0.6) is 0 Å². The van der Waals surface area contributed by atoms with E-state index in [0.29, 0.717) is 12.5 Å². The minimum absolute atomic E-state index is 0. The Morgan fingerprint density at radius 3 is 2.35 bits per heavy atom. The van der Waals surface area contributed by atoms with Gasteiger partial charge >= 0.3 is 0 Å². The fourth-order valence-corrected chi connectivity index (χ4v) is 4.85. The highest BCUT2D eigenvalue weighted by Crippen LogP contribution is 2.27. The number of rotatable bonds is 5. The van der Waals surface area contributed by atoms with Gasteiger partial charge in [-0.05, 0) is 38.1 Å². The molecule has 2 fully saturated rings. The molecule has 2 aliphatic carbocycles. The molecule has 0 bridgehead atoms. The number of nitrogens with two attached hydrogens (primary N) is 1. The zero-order chi connectivity index (χ0) is 13.9. The number of nitrogens with zero attached hydrogens (tertiary/aromatic N) is 1. The van der Waals surface area contributed by atoms with Gasteiger partial charge in [0.15, 0.2) is 0 Å². The van der Waals surface area contributed by atoms with Crippen molar-refractivity contribution in [3.63, 3.8) is 0 Å². The van der Waals surface area contributed by atoms with E-state index in [1.54, 1.807) is 11.4 Å². The molecule has 0 aromatic rings. The van der Waals surface area contributed by atoms with Crippen molar-refractivity contribution >= 4 is 22.6 Å². The maximum atomic E-state index is 12.4. The van der Waals surface area contributed by atoms with E-state index in [-0.39, 0.29) is 24.5 Å². The van der Waals surface area contributed by atoms with Gasteiger partial charge in [0.25, 0.3) is 10.2 Å². The van der Waals surface area contributed by atoms with Crippen LogP contribution in [0.15, 0.2) is 0 Å². The highest BCUT2D eigenvalue weighted by atomic mass is 35.5. The fraction of sp³-hybridized carbons (Fsp3) is 1.00. The predicted octanol–water partition coefficient (Wildman–Crippen LogP) is 1.63. The molecule has 20 heavy (non-hydrogen) atoms. The lowest BCUT2D eigenvalue weighted by Crippen LogP contribution is -2.49. The van der Waals surface area contributed by atoms with Crippen LogP contribution in [0.2, 0.25) is 0 Å². The van der Waals surface area contributed by atoms with E-state index < -0.39 is 10.2 Å². The van der Waals surface area contributed by atoms with E-state index in [1.165, 1.54) is 6.42 Å². The van der Waals surface area contributed by atoms with Gasteiger partial charge in [-0.15, -0.1) is 12.4 Å². The van der Waals surface area contributed by atoms with Crippen LogP contribution < -0.4 is 10.5 Å². The van der Waals surface area contributed by atoms with Crippen molar-refractivity contribution in [1.29, 1.82) is 0 Å². The SMILES string of the molecule is CN(C1CCCCC1)S(=O)(=O)NC1CCCC1CN.Cl. The minimum atomic E-state index is -3.36. The average Bonchev–Trinajstić information content (AvgIpc) is 2.85. The summed E-state index contributed by atoms with van der Waals surface area (Å²) in [6.07, 6.45) is 8.51. The van der Waals surface area contributed by atoms with Crippen LogP contribution in [0.3, 0.4) is 0 Å². The molecular formula is C13H28ClN3O2S. The topological polar surface area (TPSA) is 75.4 Å². The minimum Gasteiger partial charge on any atom is -0.330 e. The molecule has 120 valence electrons. The third kappa shape index (κ3) is 4.31. The Bertz CT molecular complexity index is 385. The smallest absolute Gasteiger partial charge is 0.279 e. The molecule has 7 heteroatoms. The number of hydrogen-bond donors (Lipinski definition) is 2. The van der Waals surface area contributed by atoms with Crippen LogP contribution in [0.1, 0.15) is 51.4 Å². The first-order valence-electron chi connectivity index (χ1n) is 7.50. The molecule has 0 spiro atoms. The van der Waals surface area contributed by atoms with Gasteiger partial charge in [0.1, 0.15) is 0 Å². The largest absolute Gasteiger partial charge is 0.330 e. The van der Waals surface area contributed by atoms with Crippen molar-refractivity contribution in [3.05, 3.63) is 0 Å². The summed E-state index contributed by atoms with van der Waals surface area (Å²) in [7, 11) is -1.65. The van der Waals surface area contributed by atoms with Crippen molar-refractivity contribution in [1.82, 2.24) is 9.03 Å². The van der Waals surface area contributed by atoms with Crippen LogP contribution in [-0.2, 0) is 10.2 Å². The summed E-state index contributed by atoms with van der Waals surface area (Å²) in [4.78, 5) is 0. The van der Waals surface area contributed by atoms with E-state index in [1.807, 2.05) is 0 Å². The van der Waals surface area contributed by atoms with Crippen molar-refractivity contribution in [3.8, 4) is 0 Å². The Morgan fingerprint density at radius 1 is 1.10 bits per heavy atom. The van der Waals surface area contributed by atoms with Crippen LogP contribution in [0.4, 0.5) is 0 Å². The normalized spacial score (nSPS) is 28.6. The van der Waals surface area contributed by atoms with E-state index in [4.69, 9.17) is 5.73 Å². The second-order valence-corrected chi connectivity index (χ2v) is 7.73. The summed E-state index contributed by atoms with van der Waals surface area (Å²) in [5, 5.41) is 0. The average molecular weight is 326 g/mol. The highest BCUT2D eigenvalue weighted by Gasteiger charge is 2.33. The lowest BCUT2D eigenvalue weighted by atomic mass is 9.96. The second-order valence-electron chi connectivity index (χ2n) is 5.96. The Labute approximate surface area is 129 Å². The van der Waals surface area contributed by atoms with E-state index in [0.717, 1.165) is 44.9 Å². The van der Waals surface area contributed by atoms with Gasteiger partial charge in [-0.3, -0.25) is 0 Å². The molecular weight excluding hydrogens is 298 g/mol. The van der Waals surface area contributed by atoms with Crippen LogP contribution in [0, 0.1) is 5.92 Å². The van der Waals surface area contributed by atoms with Crippen molar-refractivity contribution in [2.75, 3.05) is 13.6 Å². The molecule has 0 aromatic heterocycles. The number of halogens is 1. The van der Waals surface area contributed by atoms with Gasteiger partial charge in [-0.2, -0.15) is 17.4 Å². The molecule has 0 aromatic carbocycles. The zero-order valence-electron chi connectivity index (χ0n) is 12.3. The number of hydrogen-bond acceptors (Lipinski definition) is 3. The Morgan fingerprint density at radius 2 is 1.75 bits per heavy atom. The third-order valence-corrected chi connectivity index (χ3v) is 6.39. The first-order valence-corrected chi connectivity index (χ1v) is 8.94. The highest BCUT2D eigenvalue weighted by molar-refractivity contribution is 7.87. The Hall–Kier alpha value is 0.120. The van der Waals surface area contributed by atoms with E-state index >= 15 is 0 Å².